The quantitative estimate of drug-likeness (QED) is 0.611. The summed E-state index contributed by atoms with van der Waals surface area (Å²) in [6.07, 6.45) is 1.62. The van der Waals surface area contributed by atoms with Crippen LogP contribution in [0.2, 0.25) is 0 Å². The molecule has 1 aliphatic rings. The molecule has 0 spiro atoms. The van der Waals surface area contributed by atoms with E-state index in [4.69, 9.17) is 20.0 Å². The summed E-state index contributed by atoms with van der Waals surface area (Å²) in [4.78, 5) is 14.3. The Balaban J connectivity index is 1.93. The van der Waals surface area contributed by atoms with Crippen LogP contribution in [0.5, 0.6) is 17.2 Å². The molecule has 0 atom stereocenters. The van der Waals surface area contributed by atoms with Crippen molar-refractivity contribution in [3.63, 3.8) is 0 Å². The van der Waals surface area contributed by atoms with Crippen molar-refractivity contribution in [2.75, 3.05) is 20.2 Å². The van der Waals surface area contributed by atoms with Crippen LogP contribution in [0.25, 0.3) is 6.08 Å². The number of methoxy groups -OCH3 is 1. The molecule has 1 N–H and O–H groups in total. The number of fused-ring (bicyclic) bond motifs is 1. The van der Waals surface area contributed by atoms with Gasteiger partial charge in [-0.3, -0.25) is 9.69 Å². The molecule has 0 fully saturated rings. The van der Waals surface area contributed by atoms with Crippen molar-refractivity contribution in [3.05, 3.63) is 58.8 Å². The lowest BCUT2D eigenvalue weighted by Crippen LogP contribution is -2.24. The van der Waals surface area contributed by atoms with Crippen molar-refractivity contribution in [3.8, 4) is 29.4 Å². The van der Waals surface area contributed by atoms with Crippen molar-refractivity contribution in [2.45, 2.75) is 6.54 Å². The molecule has 7 nitrogen and oxygen atoms in total. The predicted octanol–water partition coefficient (Wildman–Crippen LogP) is 2.87. The van der Waals surface area contributed by atoms with Crippen LogP contribution < -0.4 is 9.47 Å². The summed E-state index contributed by atoms with van der Waals surface area (Å²) in [5.41, 5.74) is 1.47. The van der Waals surface area contributed by atoms with Crippen LogP contribution in [0.3, 0.4) is 0 Å². The number of nitrogens with zero attached hydrogens (tertiary/aromatic N) is 3. The fourth-order valence-corrected chi connectivity index (χ4v) is 2.89. The van der Waals surface area contributed by atoms with Gasteiger partial charge in [-0.15, -0.1) is 0 Å². The summed E-state index contributed by atoms with van der Waals surface area (Å²) in [7, 11) is 1.57. The minimum atomic E-state index is -0.292. The van der Waals surface area contributed by atoms with Crippen LogP contribution in [0.1, 0.15) is 21.5 Å². The van der Waals surface area contributed by atoms with E-state index >= 15 is 0 Å². The summed E-state index contributed by atoms with van der Waals surface area (Å²) in [6.45, 7) is 0.136. The highest BCUT2D eigenvalue weighted by molar-refractivity contribution is 6.15. The molecule has 0 saturated heterocycles. The van der Waals surface area contributed by atoms with Gasteiger partial charge in [0.05, 0.1) is 43.5 Å². The number of hydrogen-bond donors (Lipinski definition) is 1. The van der Waals surface area contributed by atoms with Crippen molar-refractivity contribution >= 4 is 11.9 Å². The van der Waals surface area contributed by atoms with Gasteiger partial charge in [0, 0.05) is 6.54 Å². The zero-order valence-electron chi connectivity index (χ0n) is 15.2. The van der Waals surface area contributed by atoms with E-state index < -0.39 is 0 Å². The normalized spacial score (nSPS) is 13.7. The minimum Gasteiger partial charge on any atom is -0.507 e. The molecule has 1 heterocycles. The first-order valence-corrected chi connectivity index (χ1v) is 8.46. The fraction of sp³-hybridized carbons (Fsp3) is 0.190. The molecule has 0 aliphatic carbocycles. The Bertz CT molecular complexity index is 998. The lowest BCUT2D eigenvalue weighted by Gasteiger charge is -2.17. The van der Waals surface area contributed by atoms with E-state index in [-0.39, 0.29) is 42.7 Å². The van der Waals surface area contributed by atoms with Crippen molar-refractivity contribution < 1.29 is 19.4 Å². The molecule has 7 heteroatoms. The number of ether oxygens (including phenoxy) is 2. The molecular formula is C21H17N3O4. The maximum atomic E-state index is 12.7. The fourth-order valence-electron chi connectivity index (χ4n) is 2.89. The summed E-state index contributed by atoms with van der Waals surface area (Å²) in [5, 5.41) is 28.1. The van der Waals surface area contributed by atoms with Crippen LogP contribution in [-0.2, 0) is 6.54 Å². The third kappa shape index (κ3) is 3.80. The monoisotopic (exact) mass is 375 g/mol. The van der Waals surface area contributed by atoms with Gasteiger partial charge in [0.25, 0.3) is 0 Å². The van der Waals surface area contributed by atoms with E-state index in [0.29, 0.717) is 16.9 Å². The Labute approximate surface area is 162 Å². The van der Waals surface area contributed by atoms with Gasteiger partial charge < -0.3 is 14.6 Å². The average molecular weight is 375 g/mol. The number of Topliss-reactive ketones (excluding diaryl/α,β-unsaturated/α-hetero) is 1. The van der Waals surface area contributed by atoms with Crippen molar-refractivity contribution in [1.29, 1.82) is 10.5 Å². The van der Waals surface area contributed by atoms with Gasteiger partial charge >= 0.3 is 0 Å². The summed E-state index contributed by atoms with van der Waals surface area (Å²) in [6, 6.07) is 14.0. The number of phenolic OH excluding ortho intramolecular Hbond substituents is 1. The van der Waals surface area contributed by atoms with Gasteiger partial charge in [-0.05, 0) is 35.9 Å². The topological polar surface area (TPSA) is 107 Å². The first-order chi connectivity index (χ1) is 13.6. The summed E-state index contributed by atoms with van der Waals surface area (Å²) >= 11 is 0. The predicted molar refractivity (Wildman–Crippen MR) is 101 cm³/mol. The van der Waals surface area contributed by atoms with Crippen LogP contribution in [-0.4, -0.2) is 36.0 Å². The first kappa shape index (κ1) is 19.0. The standard InChI is InChI=1S/C21H17N3O4/c1-27-15-4-2-14(3-5-15)12-19-20(26)16-6-7-18(25)17(21(16)28-19)13-24(10-8-22)11-9-23/h2-7,12,25H,10-11,13H2,1H3. The number of carbonyl (C=O) groups is 1. The lowest BCUT2D eigenvalue weighted by atomic mass is 10.0. The third-order valence-corrected chi connectivity index (χ3v) is 4.30. The van der Waals surface area contributed by atoms with Gasteiger partial charge in [-0.2, -0.15) is 10.5 Å². The van der Waals surface area contributed by atoms with E-state index in [1.54, 1.807) is 42.4 Å². The average Bonchev–Trinajstić information content (AvgIpc) is 3.01. The second-order valence-electron chi connectivity index (χ2n) is 6.11. The largest absolute Gasteiger partial charge is 0.507 e. The molecule has 0 bridgehead atoms. The highest BCUT2D eigenvalue weighted by Crippen LogP contribution is 2.40. The van der Waals surface area contributed by atoms with E-state index in [2.05, 4.69) is 0 Å². The molecule has 0 unspecified atom stereocenters. The minimum absolute atomic E-state index is 0.0131. The lowest BCUT2D eigenvalue weighted by molar-refractivity contribution is 0.101. The van der Waals surface area contributed by atoms with Gasteiger partial charge in [0.2, 0.25) is 5.78 Å². The molecule has 0 amide bonds. The zero-order chi connectivity index (χ0) is 20.1. The van der Waals surface area contributed by atoms with Gasteiger partial charge in [-0.25, -0.2) is 0 Å². The maximum Gasteiger partial charge on any atom is 0.231 e. The number of hydrogen-bond acceptors (Lipinski definition) is 7. The van der Waals surface area contributed by atoms with E-state index in [0.717, 1.165) is 5.56 Å². The van der Waals surface area contributed by atoms with Crippen molar-refractivity contribution in [1.82, 2.24) is 4.90 Å². The summed E-state index contributed by atoms with van der Waals surface area (Å²) in [5.74, 6) is 0.744. The van der Waals surface area contributed by atoms with E-state index in [9.17, 15) is 9.90 Å². The van der Waals surface area contributed by atoms with E-state index in [1.165, 1.54) is 12.1 Å². The van der Waals surface area contributed by atoms with Crippen LogP contribution in [0, 0.1) is 22.7 Å². The Morgan fingerprint density at radius 1 is 1.14 bits per heavy atom. The van der Waals surface area contributed by atoms with Crippen molar-refractivity contribution in [2.24, 2.45) is 0 Å². The molecular weight excluding hydrogens is 358 g/mol. The number of carbonyl (C=O) groups excluding carboxylic acids is 1. The van der Waals surface area contributed by atoms with Gasteiger partial charge in [-0.1, -0.05) is 12.1 Å². The summed E-state index contributed by atoms with van der Waals surface area (Å²) < 4.78 is 10.9. The smallest absolute Gasteiger partial charge is 0.231 e. The molecule has 0 radical (unpaired) electrons. The SMILES string of the molecule is COc1ccc(C=C2Oc3c(ccc(O)c3CN(CC#N)CC#N)C2=O)cc1. The number of ketones is 1. The molecule has 28 heavy (non-hydrogen) atoms. The van der Waals surface area contributed by atoms with Crippen LogP contribution in [0.15, 0.2) is 42.2 Å². The molecule has 1 aliphatic heterocycles. The van der Waals surface area contributed by atoms with Gasteiger partial charge in [0.1, 0.15) is 17.2 Å². The number of allylic oxidation sites excluding steroid dienone is 1. The maximum absolute atomic E-state index is 12.7. The molecule has 2 aromatic carbocycles. The first-order valence-electron chi connectivity index (χ1n) is 8.46. The molecule has 2 aromatic rings. The molecule has 0 aromatic heterocycles. The Kier molecular flexibility index (Phi) is 5.59. The molecule has 0 saturated carbocycles. The van der Waals surface area contributed by atoms with Crippen LogP contribution in [0.4, 0.5) is 0 Å². The Hall–Kier alpha value is -3.81. The number of benzene rings is 2. The molecule has 3 rings (SSSR count). The second-order valence-corrected chi connectivity index (χ2v) is 6.11. The Morgan fingerprint density at radius 2 is 1.82 bits per heavy atom. The third-order valence-electron chi connectivity index (χ3n) is 4.30. The highest BCUT2D eigenvalue weighted by Gasteiger charge is 2.31. The van der Waals surface area contributed by atoms with Gasteiger partial charge in [0.15, 0.2) is 5.76 Å². The number of phenols is 1. The van der Waals surface area contributed by atoms with E-state index in [1.807, 2.05) is 12.1 Å². The Morgan fingerprint density at radius 3 is 2.43 bits per heavy atom. The number of rotatable bonds is 6. The second kappa shape index (κ2) is 8.26. The molecule has 140 valence electrons. The number of nitriles is 2. The highest BCUT2D eigenvalue weighted by atomic mass is 16.5. The van der Waals surface area contributed by atoms with Crippen LogP contribution >= 0.6 is 0 Å². The zero-order valence-corrected chi connectivity index (χ0v) is 15.2. The number of aromatic hydroxyl groups is 1.